The van der Waals surface area contributed by atoms with Gasteiger partial charge in [-0.15, -0.1) is 11.3 Å². The topological polar surface area (TPSA) is 71.5 Å². The molecule has 2 atom stereocenters. The van der Waals surface area contributed by atoms with Crippen LogP contribution >= 0.6 is 23.1 Å². The van der Waals surface area contributed by atoms with Crippen LogP contribution in [0.1, 0.15) is 104 Å². The van der Waals surface area contributed by atoms with Gasteiger partial charge in [-0.1, -0.05) is 115 Å². The summed E-state index contributed by atoms with van der Waals surface area (Å²) in [6.45, 7) is 4.78. The number of aromatic nitrogens is 1. The number of thiazole rings is 1. The van der Waals surface area contributed by atoms with E-state index in [1.54, 1.807) is 11.3 Å². The maximum absolute atomic E-state index is 11.8. The van der Waals surface area contributed by atoms with Gasteiger partial charge in [-0.05, 0) is 25.0 Å². The lowest BCUT2D eigenvalue weighted by molar-refractivity contribution is -0.139. The minimum Gasteiger partial charge on any atom is -0.480 e. The molecule has 2 aromatic rings. The van der Waals surface area contributed by atoms with E-state index in [0.717, 1.165) is 27.4 Å². The van der Waals surface area contributed by atoms with E-state index in [9.17, 15) is 9.90 Å². The minimum atomic E-state index is -0.842. The van der Waals surface area contributed by atoms with Gasteiger partial charge >= 0.3 is 5.97 Å². The number of nitrogens with zero attached hydrogens (tertiary/aromatic N) is 1. The molecule has 0 bridgehead atoms. The number of hydrogen-bond donors (Lipinski definition) is 2. The van der Waals surface area contributed by atoms with Crippen molar-refractivity contribution in [2.45, 2.75) is 120 Å². The first kappa shape index (κ1) is 30.1. The van der Waals surface area contributed by atoms with Gasteiger partial charge in [0.15, 0.2) is 4.34 Å². The van der Waals surface area contributed by atoms with Gasteiger partial charge in [0.25, 0.3) is 0 Å². The number of nitrogens with one attached hydrogen (secondary N) is 1. The predicted molar refractivity (Wildman–Crippen MR) is 151 cm³/mol. The van der Waals surface area contributed by atoms with Gasteiger partial charge in [0.05, 0.1) is 23.1 Å². The lowest BCUT2D eigenvalue weighted by Gasteiger charge is -2.20. The van der Waals surface area contributed by atoms with E-state index in [1.165, 1.54) is 88.8 Å². The number of carbonyl (C=O) groups is 1. The standard InChI is InChI=1S/C28H46N2O3S2/c1-3-5-7-9-10-12-14-18-23(17-13-11-8-6-4-2)33-22-29-25(27(31)32)21-34-28-30-24-19-15-16-20-26(24)35-28/h15-16,19-20,23,25,29H,3-14,17-18,21-22H2,1-2H3,(H,31,32). The first-order valence-electron chi connectivity index (χ1n) is 13.7. The summed E-state index contributed by atoms with van der Waals surface area (Å²) in [6.07, 6.45) is 17.8. The van der Waals surface area contributed by atoms with Crippen LogP contribution in [0.3, 0.4) is 0 Å². The summed E-state index contributed by atoms with van der Waals surface area (Å²) in [5, 5.41) is 12.8. The van der Waals surface area contributed by atoms with Gasteiger partial charge in [0.2, 0.25) is 0 Å². The molecule has 1 aromatic heterocycles. The molecule has 1 heterocycles. The van der Waals surface area contributed by atoms with E-state index in [-0.39, 0.29) is 12.8 Å². The van der Waals surface area contributed by atoms with E-state index in [1.807, 2.05) is 24.3 Å². The van der Waals surface area contributed by atoms with Crippen molar-refractivity contribution in [1.82, 2.24) is 10.3 Å². The molecule has 0 saturated heterocycles. The molecular weight excluding hydrogens is 476 g/mol. The van der Waals surface area contributed by atoms with E-state index < -0.39 is 12.0 Å². The zero-order valence-corrected chi connectivity index (χ0v) is 23.4. The monoisotopic (exact) mass is 522 g/mol. The summed E-state index contributed by atoms with van der Waals surface area (Å²) < 4.78 is 8.21. The fourth-order valence-electron chi connectivity index (χ4n) is 4.17. The zero-order chi connectivity index (χ0) is 25.1. The predicted octanol–water partition coefficient (Wildman–Crippen LogP) is 8.28. The third-order valence-electron chi connectivity index (χ3n) is 6.35. The molecule has 0 aliphatic rings. The SMILES string of the molecule is CCCCCCCCCC(CCCCCCC)OCNC(CSc1nc2ccccc2s1)C(=O)O. The smallest absolute Gasteiger partial charge is 0.321 e. The second kappa shape index (κ2) is 19.0. The molecule has 0 radical (unpaired) electrons. The normalized spacial score (nSPS) is 13.3. The molecule has 198 valence electrons. The zero-order valence-electron chi connectivity index (χ0n) is 21.8. The Balaban J connectivity index is 1.74. The first-order chi connectivity index (χ1) is 17.1. The van der Waals surface area contributed by atoms with Crippen molar-refractivity contribution in [1.29, 1.82) is 0 Å². The summed E-state index contributed by atoms with van der Waals surface area (Å²) in [7, 11) is 0. The molecule has 0 saturated carbocycles. The van der Waals surface area contributed by atoms with Gasteiger partial charge in [0, 0.05) is 5.75 Å². The van der Waals surface area contributed by atoms with Gasteiger partial charge in [-0.2, -0.15) is 0 Å². The van der Waals surface area contributed by atoms with Crippen molar-refractivity contribution in [3.8, 4) is 0 Å². The van der Waals surface area contributed by atoms with Gasteiger partial charge in [-0.3, -0.25) is 10.1 Å². The van der Waals surface area contributed by atoms with Crippen LogP contribution in [0.15, 0.2) is 28.6 Å². The number of para-hydroxylation sites is 1. The lowest BCUT2D eigenvalue weighted by atomic mass is 10.0. The highest BCUT2D eigenvalue weighted by Crippen LogP contribution is 2.29. The van der Waals surface area contributed by atoms with Crippen LogP contribution in [-0.2, 0) is 9.53 Å². The van der Waals surface area contributed by atoms with Crippen LogP contribution in [0.4, 0.5) is 0 Å². The molecule has 0 amide bonds. The molecule has 0 aliphatic heterocycles. The summed E-state index contributed by atoms with van der Waals surface area (Å²) >= 11 is 3.11. The summed E-state index contributed by atoms with van der Waals surface area (Å²) in [6, 6.07) is 7.36. The molecule has 1 aromatic carbocycles. The van der Waals surface area contributed by atoms with E-state index in [0.29, 0.717) is 5.75 Å². The average molecular weight is 523 g/mol. The molecule has 5 nitrogen and oxygen atoms in total. The van der Waals surface area contributed by atoms with Crippen molar-refractivity contribution in [2.75, 3.05) is 12.5 Å². The number of thioether (sulfide) groups is 1. The Morgan fingerprint density at radius 1 is 0.971 bits per heavy atom. The number of aliphatic carboxylic acids is 1. The number of ether oxygens (including phenoxy) is 1. The van der Waals surface area contributed by atoms with Crippen molar-refractivity contribution < 1.29 is 14.6 Å². The molecule has 2 unspecified atom stereocenters. The molecule has 35 heavy (non-hydrogen) atoms. The maximum atomic E-state index is 11.8. The van der Waals surface area contributed by atoms with E-state index in [4.69, 9.17) is 4.74 Å². The molecule has 2 N–H and O–H groups in total. The largest absolute Gasteiger partial charge is 0.480 e. The number of benzene rings is 1. The Morgan fingerprint density at radius 2 is 1.57 bits per heavy atom. The Morgan fingerprint density at radius 3 is 2.17 bits per heavy atom. The second-order valence-electron chi connectivity index (χ2n) is 9.40. The van der Waals surface area contributed by atoms with Gasteiger partial charge in [-0.25, -0.2) is 4.98 Å². The third-order valence-corrected chi connectivity index (χ3v) is 8.63. The van der Waals surface area contributed by atoms with Crippen LogP contribution < -0.4 is 5.32 Å². The maximum Gasteiger partial charge on any atom is 0.321 e. The molecule has 0 aliphatic carbocycles. The number of fused-ring (bicyclic) bond motifs is 1. The molecule has 0 fully saturated rings. The molecular formula is C28H46N2O3S2. The third kappa shape index (κ3) is 13.1. The van der Waals surface area contributed by atoms with Crippen molar-refractivity contribution in [3.05, 3.63) is 24.3 Å². The second-order valence-corrected chi connectivity index (χ2v) is 11.7. The highest BCUT2D eigenvalue weighted by molar-refractivity contribution is 8.01. The van der Waals surface area contributed by atoms with E-state index in [2.05, 4.69) is 24.1 Å². The van der Waals surface area contributed by atoms with Crippen molar-refractivity contribution >= 4 is 39.3 Å². The number of hydrogen-bond acceptors (Lipinski definition) is 6. The Kier molecular flexibility index (Phi) is 16.4. The number of rotatable bonds is 22. The Hall–Kier alpha value is -1.15. The van der Waals surface area contributed by atoms with E-state index >= 15 is 0 Å². The molecule has 0 spiro atoms. The van der Waals surface area contributed by atoms with Crippen LogP contribution in [0, 0.1) is 0 Å². The van der Waals surface area contributed by atoms with Crippen LogP contribution in [0.5, 0.6) is 0 Å². The van der Waals surface area contributed by atoms with Crippen molar-refractivity contribution in [2.24, 2.45) is 0 Å². The lowest BCUT2D eigenvalue weighted by Crippen LogP contribution is -2.41. The minimum absolute atomic E-state index is 0.214. The fourth-order valence-corrected chi connectivity index (χ4v) is 6.31. The Labute approximate surface area is 220 Å². The van der Waals surface area contributed by atoms with Gasteiger partial charge in [0.1, 0.15) is 6.04 Å². The first-order valence-corrected chi connectivity index (χ1v) is 15.5. The van der Waals surface area contributed by atoms with Crippen LogP contribution in [0.2, 0.25) is 0 Å². The molecule has 2 rings (SSSR count). The molecule has 7 heteroatoms. The summed E-state index contributed by atoms with van der Waals surface area (Å²) in [4.78, 5) is 16.4. The summed E-state index contributed by atoms with van der Waals surface area (Å²) in [5.41, 5.74) is 0.968. The van der Waals surface area contributed by atoms with Crippen LogP contribution in [-0.4, -0.2) is 40.7 Å². The average Bonchev–Trinajstić information content (AvgIpc) is 3.27. The Bertz CT molecular complexity index is 781. The highest BCUT2D eigenvalue weighted by atomic mass is 32.2. The quantitative estimate of drug-likeness (QED) is 0.0921. The van der Waals surface area contributed by atoms with Crippen molar-refractivity contribution in [3.63, 3.8) is 0 Å². The number of carboxylic acids is 1. The summed E-state index contributed by atoms with van der Waals surface area (Å²) in [5.74, 6) is -0.414. The van der Waals surface area contributed by atoms with Crippen LogP contribution in [0.25, 0.3) is 10.2 Å². The fraction of sp³-hybridized carbons (Fsp3) is 0.714. The highest BCUT2D eigenvalue weighted by Gasteiger charge is 2.19. The van der Waals surface area contributed by atoms with Gasteiger partial charge < -0.3 is 9.84 Å². The number of carboxylic acid groups (broad SMARTS) is 1. The number of unbranched alkanes of at least 4 members (excludes halogenated alkanes) is 10.